The van der Waals surface area contributed by atoms with Gasteiger partial charge in [0.15, 0.2) is 0 Å². The molecule has 2 N–H and O–H groups in total. The van der Waals surface area contributed by atoms with E-state index < -0.39 is 0 Å². The number of ether oxygens (including phenoxy) is 1. The van der Waals surface area contributed by atoms with Crippen molar-refractivity contribution in [1.29, 1.82) is 0 Å². The Bertz CT molecular complexity index is 525. The molecule has 0 saturated carbocycles. The first kappa shape index (κ1) is 13.2. The molecule has 2 nitrogen and oxygen atoms in total. The second-order valence-corrected chi connectivity index (χ2v) is 4.98. The van der Waals surface area contributed by atoms with Crippen LogP contribution in [0, 0.1) is 5.82 Å². The van der Waals surface area contributed by atoms with Crippen LogP contribution in [0.25, 0.3) is 0 Å². The number of rotatable bonds is 3. The predicted molar refractivity (Wildman–Crippen MR) is 74.3 cm³/mol. The Kier molecular flexibility index (Phi) is 4.09. The molecule has 2 aromatic carbocycles. The molecule has 0 aliphatic heterocycles. The first-order valence-electron chi connectivity index (χ1n) is 5.18. The van der Waals surface area contributed by atoms with E-state index in [-0.39, 0.29) is 10.8 Å². The van der Waals surface area contributed by atoms with Crippen molar-refractivity contribution in [2.75, 3.05) is 5.73 Å². The van der Waals surface area contributed by atoms with Crippen molar-refractivity contribution in [1.82, 2.24) is 0 Å². The van der Waals surface area contributed by atoms with E-state index in [1.54, 1.807) is 12.1 Å². The Morgan fingerprint density at radius 3 is 2.67 bits per heavy atom. The van der Waals surface area contributed by atoms with Gasteiger partial charge >= 0.3 is 0 Å². The molecule has 0 spiro atoms. The summed E-state index contributed by atoms with van der Waals surface area (Å²) in [7, 11) is 0. The van der Waals surface area contributed by atoms with Crippen LogP contribution in [-0.2, 0) is 6.61 Å². The number of nitrogens with two attached hydrogens (primary N) is 1. The van der Waals surface area contributed by atoms with E-state index in [4.69, 9.17) is 22.1 Å². The molecule has 0 fully saturated rings. The second kappa shape index (κ2) is 5.59. The number of anilines is 1. The average molecular weight is 331 g/mol. The zero-order chi connectivity index (χ0) is 13.1. The summed E-state index contributed by atoms with van der Waals surface area (Å²) in [5.41, 5.74) is 7.25. The van der Waals surface area contributed by atoms with E-state index in [2.05, 4.69) is 15.9 Å². The zero-order valence-electron chi connectivity index (χ0n) is 9.29. The summed E-state index contributed by atoms with van der Waals surface area (Å²) in [6, 6.07) is 9.47. The summed E-state index contributed by atoms with van der Waals surface area (Å²) in [4.78, 5) is 0. The molecule has 2 rings (SSSR count). The van der Waals surface area contributed by atoms with E-state index in [0.29, 0.717) is 18.0 Å². The highest BCUT2D eigenvalue weighted by atomic mass is 79.9. The Labute approximate surface area is 118 Å². The first-order chi connectivity index (χ1) is 8.56. The molecule has 0 aromatic heterocycles. The maximum atomic E-state index is 12.9. The quantitative estimate of drug-likeness (QED) is 0.846. The van der Waals surface area contributed by atoms with Crippen LogP contribution >= 0.6 is 27.5 Å². The van der Waals surface area contributed by atoms with Gasteiger partial charge in [-0.15, -0.1) is 0 Å². The van der Waals surface area contributed by atoms with Crippen molar-refractivity contribution in [3.05, 3.63) is 57.3 Å². The van der Waals surface area contributed by atoms with E-state index in [1.165, 1.54) is 18.2 Å². The van der Waals surface area contributed by atoms with Gasteiger partial charge in [0.25, 0.3) is 0 Å². The largest absolute Gasteiger partial charge is 0.487 e. The molecule has 0 heterocycles. The third-order valence-electron chi connectivity index (χ3n) is 2.35. The number of nitrogen functional groups attached to an aromatic ring is 1. The Hall–Kier alpha value is -1.26. The topological polar surface area (TPSA) is 35.2 Å². The van der Waals surface area contributed by atoms with Crippen LogP contribution in [0.3, 0.4) is 0 Å². The fourth-order valence-corrected chi connectivity index (χ4v) is 2.16. The van der Waals surface area contributed by atoms with Crippen molar-refractivity contribution in [2.45, 2.75) is 6.61 Å². The van der Waals surface area contributed by atoms with Gasteiger partial charge in [-0.1, -0.05) is 33.6 Å². The molecule has 18 heavy (non-hydrogen) atoms. The number of hydrogen-bond acceptors (Lipinski definition) is 2. The number of benzene rings is 2. The highest BCUT2D eigenvalue weighted by Crippen LogP contribution is 2.27. The van der Waals surface area contributed by atoms with E-state index in [9.17, 15) is 4.39 Å². The normalized spacial score (nSPS) is 10.4. The Balaban J connectivity index is 2.11. The van der Waals surface area contributed by atoms with Gasteiger partial charge in [0.05, 0.1) is 5.02 Å². The molecule has 0 bridgehead atoms. The van der Waals surface area contributed by atoms with Crippen molar-refractivity contribution < 1.29 is 9.13 Å². The third kappa shape index (κ3) is 3.15. The van der Waals surface area contributed by atoms with Gasteiger partial charge in [0, 0.05) is 15.7 Å². The molecule has 5 heteroatoms. The van der Waals surface area contributed by atoms with Crippen molar-refractivity contribution in [3.63, 3.8) is 0 Å². The highest BCUT2D eigenvalue weighted by Gasteiger charge is 2.05. The molecule has 0 aliphatic rings. The molecule has 0 unspecified atom stereocenters. The summed E-state index contributed by atoms with van der Waals surface area (Å²) in [5, 5.41) is 0.251. The van der Waals surface area contributed by atoms with Gasteiger partial charge in [-0.25, -0.2) is 4.39 Å². The van der Waals surface area contributed by atoms with Crippen LogP contribution in [0.4, 0.5) is 10.1 Å². The van der Waals surface area contributed by atoms with Crippen LogP contribution in [0.15, 0.2) is 40.9 Å². The van der Waals surface area contributed by atoms with E-state index >= 15 is 0 Å². The fourth-order valence-electron chi connectivity index (χ4n) is 1.43. The SMILES string of the molecule is Nc1ccc(COc2ccc(F)cc2Cl)c(Br)c1. The first-order valence-corrected chi connectivity index (χ1v) is 6.35. The highest BCUT2D eigenvalue weighted by molar-refractivity contribution is 9.10. The summed E-state index contributed by atoms with van der Waals surface area (Å²) in [5.74, 6) is 0.0582. The van der Waals surface area contributed by atoms with Gasteiger partial charge in [-0.3, -0.25) is 0 Å². The molecule has 0 aliphatic carbocycles. The van der Waals surface area contributed by atoms with Gasteiger partial charge < -0.3 is 10.5 Å². The monoisotopic (exact) mass is 329 g/mol. The molecule has 0 radical (unpaired) electrons. The molecular formula is C13H10BrClFNO. The van der Waals surface area contributed by atoms with Crippen LogP contribution in [0.1, 0.15) is 5.56 Å². The minimum atomic E-state index is -0.388. The summed E-state index contributed by atoms with van der Waals surface area (Å²) >= 11 is 9.26. The van der Waals surface area contributed by atoms with Crippen LogP contribution < -0.4 is 10.5 Å². The minimum absolute atomic E-state index is 0.251. The molecule has 0 atom stereocenters. The summed E-state index contributed by atoms with van der Waals surface area (Å²) in [6.07, 6.45) is 0. The average Bonchev–Trinajstić information content (AvgIpc) is 2.30. The lowest BCUT2D eigenvalue weighted by molar-refractivity contribution is 0.305. The van der Waals surface area contributed by atoms with Crippen LogP contribution in [0.5, 0.6) is 5.75 Å². The van der Waals surface area contributed by atoms with Crippen molar-refractivity contribution in [2.24, 2.45) is 0 Å². The lowest BCUT2D eigenvalue weighted by Crippen LogP contribution is -1.98. The maximum absolute atomic E-state index is 12.9. The molecule has 2 aromatic rings. The lowest BCUT2D eigenvalue weighted by Gasteiger charge is -2.09. The summed E-state index contributed by atoms with van der Waals surface area (Å²) < 4.78 is 19.2. The molecular weight excluding hydrogens is 321 g/mol. The van der Waals surface area contributed by atoms with E-state index in [1.807, 2.05) is 6.07 Å². The van der Waals surface area contributed by atoms with Crippen LogP contribution in [0.2, 0.25) is 5.02 Å². The maximum Gasteiger partial charge on any atom is 0.138 e. The smallest absolute Gasteiger partial charge is 0.138 e. The van der Waals surface area contributed by atoms with Crippen molar-refractivity contribution >= 4 is 33.2 Å². The van der Waals surface area contributed by atoms with Crippen molar-refractivity contribution in [3.8, 4) is 5.75 Å². The number of hydrogen-bond donors (Lipinski definition) is 1. The number of halogens is 3. The molecule has 94 valence electrons. The minimum Gasteiger partial charge on any atom is -0.487 e. The van der Waals surface area contributed by atoms with Crippen LogP contribution in [-0.4, -0.2) is 0 Å². The van der Waals surface area contributed by atoms with Gasteiger partial charge in [-0.2, -0.15) is 0 Å². The third-order valence-corrected chi connectivity index (χ3v) is 3.39. The predicted octanol–water partition coefficient (Wildman–Crippen LogP) is 4.40. The fraction of sp³-hybridized carbons (Fsp3) is 0.0769. The van der Waals surface area contributed by atoms with Gasteiger partial charge in [0.1, 0.15) is 18.2 Å². The van der Waals surface area contributed by atoms with E-state index in [0.717, 1.165) is 10.0 Å². The lowest BCUT2D eigenvalue weighted by atomic mass is 10.2. The standard InChI is InChI=1S/C13H10BrClFNO/c14-11-6-10(17)3-1-8(11)7-18-13-4-2-9(16)5-12(13)15/h1-6H,7,17H2. The second-order valence-electron chi connectivity index (χ2n) is 3.71. The molecule has 0 amide bonds. The zero-order valence-corrected chi connectivity index (χ0v) is 11.6. The Morgan fingerprint density at radius 1 is 1.22 bits per heavy atom. The van der Waals surface area contributed by atoms with Gasteiger partial charge in [0.2, 0.25) is 0 Å². The Morgan fingerprint density at radius 2 is 2.00 bits per heavy atom. The van der Waals surface area contributed by atoms with Gasteiger partial charge in [-0.05, 0) is 30.3 Å². The summed E-state index contributed by atoms with van der Waals surface area (Å²) in [6.45, 7) is 0.326. The molecule has 0 saturated heterocycles.